The van der Waals surface area contributed by atoms with Gasteiger partial charge in [0.15, 0.2) is 11.9 Å². The summed E-state index contributed by atoms with van der Waals surface area (Å²) in [6.07, 6.45) is -0.711. The Kier molecular flexibility index (Phi) is 6.50. The first-order chi connectivity index (χ1) is 13.5. The number of para-hydroxylation sites is 1. The van der Waals surface area contributed by atoms with Gasteiger partial charge in [-0.1, -0.05) is 54.2 Å². The van der Waals surface area contributed by atoms with E-state index in [0.717, 1.165) is 15.5 Å². The van der Waals surface area contributed by atoms with Crippen LogP contribution in [0.2, 0.25) is 0 Å². The lowest BCUT2D eigenvalue weighted by Crippen LogP contribution is -2.30. The summed E-state index contributed by atoms with van der Waals surface area (Å²) in [4.78, 5) is 26.2. The molecule has 0 radical (unpaired) electrons. The Balaban J connectivity index is 1.69. The topological polar surface area (TPSA) is 55.4 Å². The van der Waals surface area contributed by atoms with Crippen molar-refractivity contribution in [1.29, 1.82) is 0 Å². The Morgan fingerprint density at radius 2 is 1.64 bits per heavy atom. The minimum Gasteiger partial charge on any atom is -0.481 e. The van der Waals surface area contributed by atoms with Crippen LogP contribution in [-0.4, -0.2) is 17.8 Å². The third-order valence-electron chi connectivity index (χ3n) is 4.04. The van der Waals surface area contributed by atoms with Crippen molar-refractivity contribution >= 4 is 29.1 Å². The van der Waals surface area contributed by atoms with Gasteiger partial charge in [-0.3, -0.25) is 9.59 Å². The molecule has 0 spiro atoms. The lowest BCUT2D eigenvalue weighted by molar-refractivity contribution is -0.122. The fourth-order valence-corrected chi connectivity index (χ4v) is 3.48. The number of ether oxygens (including phenoxy) is 1. The maximum Gasteiger partial charge on any atom is 0.265 e. The molecule has 0 aliphatic carbocycles. The van der Waals surface area contributed by atoms with Gasteiger partial charge in [0.25, 0.3) is 5.91 Å². The van der Waals surface area contributed by atoms with E-state index in [9.17, 15) is 9.59 Å². The van der Waals surface area contributed by atoms with Crippen molar-refractivity contribution in [1.82, 2.24) is 0 Å². The van der Waals surface area contributed by atoms with Crippen LogP contribution in [0.1, 0.15) is 24.2 Å². The normalized spacial score (nSPS) is 11.5. The highest BCUT2D eigenvalue weighted by atomic mass is 32.2. The van der Waals surface area contributed by atoms with Crippen LogP contribution >= 0.6 is 11.8 Å². The zero-order valence-electron chi connectivity index (χ0n) is 15.7. The van der Waals surface area contributed by atoms with E-state index in [-0.39, 0.29) is 11.7 Å². The second-order valence-electron chi connectivity index (χ2n) is 6.24. The SMILES string of the molecule is CC(=O)c1cccc(O[C@@H](C)C(=O)Nc2ccccc2Sc2ccccc2)c1. The summed E-state index contributed by atoms with van der Waals surface area (Å²) in [5.74, 6) is 0.186. The first kappa shape index (κ1) is 19.7. The van der Waals surface area contributed by atoms with Gasteiger partial charge in [-0.05, 0) is 50.2 Å². The molecule has 0 saturated heterocycles. The van der Waals surface area contributed by atoms with Crippen LogP contribution < -0.4 is 10.1 Å². The van der Waals surface area contributed by atoms with E-state index in [1.165, 1.54) is 6.92 Å². The third kappa shape index (κ3) is 5.24. The summed E-state index contributed by atoms with van der Waals surface area (Å²) in [5.41, 5.74) is 1.28. The van der Waals surface area contributed by atoms with Gasteiger partial charge < -0.3 is 10.1 Å². The molecular weight excluding hydrogens is 370 g/mol. The van der Waals surface area contributed by atoms with Gasteiger partial charge in [-0.25, -0.2) is 0 Å². The maximum atomic E-state index is 12.6. The number of benzene rings is 3. The van der Waals surface area contributed by atoms with Crippen molar-refractivity contribution in [2.24, 2.45) is 0 Å². The molecule has 0 aromatic heterocycles. The molecule has 0 aliphatic heterocycles. The average Bonchev–Trinajstić information content (AvgIpc) is 2.70. The van der Waals surface area contributed by atoms with Crippen LogP contribution in [0.3, 0.4) is 0 Å². The minimum absolute atomic E-state index is 0.0468. The van der Waals surface area contributed by atoms with Gasteiger partial charge in [-0.15, -0.1) is 0 Å². The summed E-state index contributed by atoms with van der Waals surface area (Å²) >= 11 is 1.58. The zero-order chi connectivity index (χ0) is 19.9. The fraction of sp³-hybridized carbons (Fsp3) is 0.130. The third-order valence-corrected chi connectivity index (χ3v) is 5.12. The Morgan fingerprint density at radius 1 is 0.929 bits per heavy atom. The summed E-state index contributed by atoms with van der Waals surface area (Å²) in [6.45, 7) is 3.18. The maximum absolute atomic E-state index is 12.6. The van der Waals surface area contributed by atoms with Crippen LogP contribution in [0.5, 0.6) is 5.75 Å². The summed E-state index contributed by atoms with van der Waals surface area (Å²) in [7, 11) is 0. The Hall–Kier alpha value is -3.05. The number of rotatable bonds is 7. The molecule has 28 heavy (non-hydrogen) atoms. The van der Waals surface area contributed by atoms with E-state index in [1.54, 1.807) is 43.0 Å². The predicted molar refractivity (Wildman–Crippen MR) is 112 cm³/mol. The molecule has 0 heterocycles. The van der Waals surface area contributed by atoms with Gasteiger partial charge >= 0.3 is 0 Å². The molecule has 0 unspecified atom stereocenters. The predicted octanol–water partition coefficient (Wildman–Crippen LogP) is 5.45. The molecule has 3 aromatic carbocycles. The Bertz CT molecular complexity index is 972. The second-order valence-corrected chi connectivity index (χ2v) is 7.36. The van der Waals surface area contributed by atoms with Crippen molar-refractivity contribution in [3.63, 3.8) is 0 Å². The van der Waals surface area contributed by atoms with E-state index in [1.807, 2.05) is 54.6 Å². The molecule has 0 fully saturated rings. The number of anilines is 1. The Morgan fingerprint density at radius 3 is 2.39 bits per heavy atom. The first-order valence-corrected chi connectivity index (χ1v) is 9.75. The van der Waals surface area contributed by atoms with E-state index in [2.05, 4.69) is 5.32 Å². The molecular formula is C23H21NO3S. The van der Waals surface area contributed by atoms with Crippen LogP contribution in [0.4, 0.5) is 5.69 Å². The molecule has 1 amide bonds. The number of amides is 1. The highest BCUT2D eigenvalue weighted by Crippen LogP contribution is 2.33. The van der Waals surface area contributed by atoms with E-state index >= 15 is 0 Å². The van der Waals surface area contributed by atoms with Crippen LogP contribution in [0, 0.1) is 0 Å². The van der Waals surface area contributed by atoms with Crippen molar-refractivity contribution in [3.05, 3.63) is 84.4 Å². The fourth-order valence-electron chi connectivity index (χ4n) is 2.55. The molecule has 5 heteroatoms. The van der Waals surface area contributed by atoms with Crippen molar-refractivity contribution in [3.8, 4) is 5.75 Å². The molecule has 142 valence electrons. The summed E-state index contributed by atoms with van der Waals surface area (Å²) in [6, 6.07) is 24.5. The number of ketones is 1. The largest absolute Gasteiger partial charge is 0.481 e. The lowest BCUT2D eigenvalue weighted by atomic mass is 10.1. The number of hydrogen-bond donors (Lipinski definition) is 1. The molecule has 3 rings (SSSR count). The second kappa shape index (κ2) is 9.24. The van der Waals surface area contributed by atoms with Gasteiger partial charge in [0, 0.05) is 15.4 Å². The standard InChI is InChI=1S/C23H21NO3S/c1-16(25)18-9-8-10-19(15-18)27-17(2)23(26)24-21-13-6-7-14-22(21)28-20-11-4-3-5-12-20/h3-15,17H,1-2H3,(H,24,26)/t17-/m0/s1. The summed E-state index contributed by atoms with van der Waals surface area (Å²) in [5, 5.41) is 2.94. The van der Waals surface area contributed by atoms with Gasteiger partial charge in [0.2, 0.25) is 0 Å². The van der Waals surface area contributed by atoms with Crippen molar-refractivity contribution in [2.45, 2.75) is 29.7 Å². The zero-order valence-corrected chi connectivity index (χ0v) is 16.5. The van der Waals surface area contributed by atoms with E-state index < -0.39 is 6.10 Å². The molecule has 0 bridgehead atoms. The molecule has 3 aromatic rings. The highest BCUT2D eigenvalue weighted by molar-refractivity contribution is 7.99. The number of nitrogens with one attached hydrogen (secondary N) is 1. The minimum atomic E-state index is -0.711. The monoisotopic (exact) mass is 391 g/mol. The van der Waals surface area contributed by atoms with Gasteiger partial charge in [-0.2, -0.15) is 0 Å². The number of carbonyl (C=O) groups is 2. The lowest BCUT2D eigenvalue weighted by Gasteiger charge is -2.16. The van der Waals surface area contributed by atoms with Gasteiger partial charge in [0.05, 0.1) is 5.69 Å². The van der Waals surface area contributed by atoms with Crippen LogP contribution in [0.25, 0.3) is 0 Å². The molecule has 1 atom stereocenters. The summed E-state index contributed by atoms with van der Waals surface area (Å²) < 4.78 is 5.73. The number of hydrogen-bond acceptors (Lipinski definition) is 4. The smallest absolute Gasteiger partial charge is 0.265 e. The van der Waals surface area contributed by atoms with Crippen LogP contribution in [-0.2, 0) is 4.79 Å². The molecule has 4 nitrogen and oxygen atoms in total. The quantitative estimate of drug-likeness (QED) is 0.545. The highest BCUT2D eigenvalue weighted by Gasteiger charge is 2.17. The number of carbonyl (C=O) groups excluding carboxylic acids is 2. The van der Waals surface area contributed by atoms with E-state index in [0.29, 0.717) is 11.3 Å². The molecule has 1 N–H and O–H groups in total. The van der Waals surface area contributed by atoms with Gasteiger partial charge in [0.1, 0.15) is 5.75 Å². The van der Waals surface area contributed by atoms with Crippen molar-refractivity contribution in [2.75, 3.05) is 5.32 Å². The van der Waals surface area contributed by atoms with Crippen molar-refractivity contribution < 1.29 is 14.3 Å². The molecule has 0 aliphatic rings. The first-order valence-electron chi connectivity index (χ1n) is 8.93. The average molecular weight is 391 g/mol. The Labute approximate surface area is 168 Å². The van der Waals surface area contributed by atoms with Crippen LogP contribution in [0.15, 0.2) is 88.7 Å². The van der Waals surface area contributed by atoms with E-state index in [4.69, 9.17) is 4.74 Å². The number of Topliss-reactive ketones (excluding diaryl/α,β-unsaturated/α-hetero) is 1. The molecule has 0 saturated carbocycles.